The number of fused-ring (bicyclic) bond motifs is 3. The number of piperidine rings is 1. The minimum Gasteiger partial charge on any atom is -0.311 e. The van der Waals surface area contributed by atoms with Gasteiger partial charge in [0.05, 0.1) is 4.21 Å². The van der Waals surface area contributed by atoms with Gasteiger partial charge in [-0.3, -0.25) is 0 Å². The number of likely N-dealkylation sites (tertiary alicyclic amines) is 1. The molecule has 0 atom stereocenters. The van der Waals surface area contributed by atoms with E-state index in [0.717, 1.165) is 49.9 Å². The molecule has 2 aliphatic heterocycles. The lowest BCUT2D eigenvalue weighted by Crippen LogP contribution is -2.35. The van der Waals surface area contributed by atoms with Crippen LogP contribution in [0.15, 0.2) is 34.5 Å². The molecule has 0 aliphatic carbocycles. The van der Waals surface area contributed by atoms with Crippen LogP contribution in [-0.2, 0) is 19.4 Å². The van der Waals surface area contributed by atoms with E-state index in [9.17, 15) is 0 Å². The second-order valence-corrected chi connectivity index (χ2v) is 10.9. The smallest absolute Gasteiger partial charge is 0.165 e. The number of hydrogen-bond acceptors (Lipinski definition) is 5. The van der Waals surface area contributed by atoms with Crippen LogP contribution < -0.4 is 0 Å². The minimum absolute atomic E-state index is 0.526. The number of aryl methyl sites for hydroxylation is 1. The van der Waals surface area contributed by atoms with Gasteiger partial charge in [-0.1, -0.05) is 23.7 Å². The lowest BCUT2D eigenvalue weighted by atomic mass is 9.95. The van der Waals surface area contributed by atoms with Gasteiger partial charge in [0.1, 0.15) is 5.82 Å². The van der Waals surface area contributed by atoms with Gasteiger partial charge in [-0.15, -0.1) is 33.3 Å². The number of rotatable bonds is 5. The molecule has 0 amide bonds. The van der Waals surface area contributed by atoms with Crippen LogP contribution in [0.5, 0.6) is 0 Å². The van der Waals surface area contributed by atoms with E-state index in [1.54, 1.807) is 0 Å². The first-order valence-electron chi connectivity index (χ1n) is 10.8. The molecule has 1 fully saturated rings. The van der Waals surface area contributed by atoms with E-state index in [0.29, 0.717) is 5.92 Å². The van der Waals surface area contributed by atoms with Gasteiger partial charge in [0.25, 0.3) is 0 Å². The van der Waals surface area contributed by atoms with E-state index in [-0.39, 0.29) is 0 Å². The van der Waals surface area contributed by atoms with Gasteiger partial charge in [0.15, 0.2) is 5.82 Å². The lowest BCUT2D eigenvalue weighted by Gasteiger charge is -2.31. The highest BCUT2D eigenvalue weighted by atomic mass is 35.5. The molecule has 2 aromatic heterocycles. The molecule has 0 spiro atoms. The highest BCUT2D eigenvalue weighted by Gasteiger charge is 2.28. The third-order valence-electron chi connectivity index (χ3n) is 6.38. The van der Waals surface area contributed by atoms with Crippen LogP contribution >= 0.6 is 34.7 Å². The van der Waals surface area contributed by atoms with Crippen molar-refractivity contribution in [3.05, 3.63) is 51.6 Å². The Morgan fingerprint density at radius 3 is 2.70 bits per heavy atom. The molecule has 158 valence electrons. The molecule has 0 N–H and O–H groups in total. The maximum absolute atomic E-state index is 6.00. The molecule has 0 unspecified atom stereocenters. The minimum atomic E-state index is 0.526. The van der Waals surface area contributed by atoms with Crippen LogP contribution in [0, 0.1) is 0 Å². The van der Waals surface area contributed by atoms with E-state index >= 15 is 0 Å². The topological polar surface area (TPSA) is 34.0 Å². The Labute approximate surface area is 191 Å². The Bertz CT molecular complexity index is 1000. The zero-order chi connectivity index (χ0) is 20.5. The van der Waals surface area contributed by atoms with Crippen molar-refractivity contribution in [2.45, 2.75) is 48.8 Å². The number of aromatic nitrogens is 3. The van der Waals surface area contributed by atoms with Crippen LogP contribution in [0.4, 0.5) is 0 Å². The summed E-state index contributed by atoms with van der Waals surface area (Å²) in [6, 6.07) is 10.6. The van der Waals surface area contributed by atoms with Crippen LogP contribution in [0.1, 0.15) is 41.4 Å². The number of thioether (sulfide) groups is 1. The first kappa shape index (κ1) is 20.6. The van der Waals surface area contributed by atoms with Crippen LogP contribution in [-0.4, -0.2) is 45.6 Å². The number of hydrogen-bond donors (Lipinski definition) is 0. The molecule has 7 heteroatoms. The third kappa shape index (κ3) is 4.20. The van der Waals surface area contributed by atoms with Crippen molar-refractivity contribution in [2.75, 3.05) is 25.9 Å². The van der Waals surface area contributed by atoms with Gasteiger partial charge in [-0.25, -0.2) is 0 Å². The van der Waals surface area contributed by atoms with E-state index in [1.165, 1.54) is 45.3 Å². The quantitative estimate of drug-likeness (QED) is 0.456. The van der Waals surface area contributed by atoms with Crippen molar-refractivity contribution in [1.29, 1.82) is 0 Å². The van der Waals surface area contributed by atoms with Crippen molar-refractivity contribution in [3.63, 3.8) is 0 Å². The largest absolute Gasteiger partial charge is 0.311 e. The summed E-state index contributed by atoms with van der Waals surface area (Å²) < 4.78 is 3.81. The molecule has 5 rings (SSSR count). The molecule has 4 nitrogen and oxygen atoms in total. The Morgan fingerprint density at radius 2 is 1.93 bits per heavy atom. The molecule has 0 bridgehead atoms. The fourth-order valence-corrected chi connectivity index (χ4v) is 6.59. The maximum Gasteiger partial charge on any atom is 0.165 e. The van der Waals surface area contributed by atoms with Crippen molar-refractivity contribution in [3.8, 4) is 11.4 Å². The molecule has 2 aliphatic rings. The normalized spacial score (nSPS) is 17.5. The van der Waals surface area contributed by atoms with E-state index in [2.05, 4.69) is 39.0 Å². The lowest BCUT2D eigenvalue weighted by molar-refractivity contribution is 0.209. The molecule has 30 heavy (non-hydrogen) atoms. The standard InChI is InChI=1S/C23H27ClN4S2/c1-29-21-15-19-20(30-21)3-2-11-28-22(25-26-23(19)28)17-9-13-27(14-10-17)12-8-16-4-6-18(24)7-5-16/h4-7,15,17H,2-3,8-14H2,1H3. The summed E-state index contributed by atoms with van der Waals surface area (Å²) in [7, 11) is 0. The summed E-state index contributed by atoms with van der Waals surface area (Å²) >= 11 is 9.76. The first-order chi connectivity index (χ1) is 14.7. The second-order valence-electron chi connectivity index (χ2n) is 8.24. The second kappa shape index (κ2) is 9.03. The predicted octanol–water partition coefficient (Wildman–Crippen LogP) is 5.75. The summed E-state index contributed by atoms with van der Waals surface area (Å²) in [6.45, 7) is 4.44. The first-order valence-corrected chi connectivity index (χ1v) is 13.2. The summed E-state index contributed by atoms with van der Waals surface area (Å²) in [5.41, 5.74) is 2.68. The van der Waals surface area contributed by atoms with Crippen molar-refractivity contribution in [1.82, 2.24) is 19.7 Å². The third-order valence-corrected chi connectivity index (χ3v) is 8.89. The molecular formula is C23H27ClN4S2. The van der Waals surface area contributed by atoms with Gasteiger partial charge in [0, 0.05) is 34.5 Å². The van der Waals surface area contributed by atoms with Gasteiger partial charge in [-0.05, 0) is 75.2 Å². The zero-order valence-electron chi connectivity index (χ0n) is 17.3. The number of thiophene rings is 1. The fourth-order valence-electron chi connectivity index (χ4n) is 4.67. The van der Waals surface area contributed by atoms with Crippen LogP contribution in [0.3, 0.4) is 0 Å². The monoisotopic (exact) mass is 458 g/mol. The van der Waals surface area contributed by atoms with Gasteiger partial charge < -0.3 is 9.47 Å². The van der Waals surface area contributed by atoms with Crippen LogP contribution in [0.2, 0.25) is 5.02 Å². The van der Waals surface area contributed by atoms with Gasteiger partial charge in [0.2, 0.25) is 0 Å². The molecule has 0 radical (unpaired) electrons. The molecule has 0 saturated carbocycles. The Hall–Kier alpha value is -1.34. The highest BCUT2D eigenvalue weighted by Crippen LogP contribution is 2.39. The van der Waals surface area contributed by atoms with E-state index in [4.69, 9.17) is 16.7 Å². The molecule has 1 aromatic carbocycles. The zero-order valence-corrected chi connectivity index (χ0v) is 19.7. The summed E-state index contributed by atoms with van der Waals surface area (Å²) in [5.74, 6) is 2.84. The predicted molar refractivity (Wildman–Crippen MR) is 127 cm³/mol. The van der Waals surface area contributed by atoms with Crippen molar-refractivity contribution < 1.29 is 0 Å². The average molecular weight is 459 g/mol. The summed E-state index contributed by atoms with van der Waals surface area (Å²) in [4.78, 5) is 4.07. The Morgan fingerprint density at radius 1 is 1.13 bits per heavy atom. The van der Waals surface area contributed by atoms with E-state index in [1.807, 2.05) is 35.2 Å². The Balaban J connectivity index is 1.24. The number of halogens is 1. The van der Waals surface area contributed by atoms with Crippen molar-refractivity contribution in [2.24, 2.45) is 0 Å². The van der Waals surface area contributed by atoms with Gasteiger partial charge in [-0.2, -0.15) is 0 Å². The SMILES string of the molecule is CSc1cc2c(s1)CCCn1c-2nnc1C1CCN(CCc2ccc(Cl)cc2)CC1. The molecule has 3 aromatic rings. The van der Waals surface area contributed by atoms with Gasteiger partial charge >= 0.3 is 0 Å². The van der Waals surface area contributed by atoms with Crippen molar-refractivity contribution >= 4 is 34.7 Å². The molecular weight excluding hydrogens is 432 g/mol. The van der Waals surface area contributed by atoms with Crippen LogP contribution in [0.25, 0.3) is 11.4 Å². The molecule has 1 saturated heterocycles. The average Bonchev–Trinajstić information content (AvgIpc) is 3.34. The van der Waals surface area contributed by atoms with E-state index < -0.39 is 0 Å². The highest BCUT2D eigenvalue weighted by molar-refractivity contribution is 8.00. The summed E-state index contributed by atoms with van der Waals surface area (Å²) in [6.07, 6.45) is 7.92. The molecule has 4 heterocycles. The number of nitrogens with zero attached hydrogens (tertiary/aromatic N) is 4. The fraction of sp³-hybridized carbons (Fsp3) is 0.478. The number of benzene rings is 1. The maximum atomic E-state index is 6.00. The Kier molecular flexibility index (Phi) is 6.19. The summed E-state index contributed by atoms with van der Waals surface area (Å²) in [5, 5.41) is 10.2.